The smallest absolute Gasteiger partial charge is 0.251 e. The normalized spacial score (nSPS) is 14.1. The number of halogens is 1. The van der Waals surface area contributed by atoms with Gasteiger partial charge in [-0.15, -0.1) is 0 Å². The molecule has 2 aromatic carbocycles. The second-order valence-corrected chi connectivity index (χ2v) is 6.69. The van der Waals surface area contributed by atoms with Gasteiger partial charge in [-0.05, 0) is 31.2 Å². The molecule has 3 rings (SSSR count). The van der Waals surface area contributed by atoms with Crippen LogP contribution in [0.5, 0.6) is 0 Å². The lowest BCUT2D eigenvalue weighted by Crippen LogP contribution is -2.49. The molecule has 0 aliphatic carbocycles. The Morgan fingerprint density at radius 2 is 1.78 bits per heavy atom. The first kappa shape index (κ1) is 18.9. The standard InChI is InChI=1S/C21H24FN3O2/c1-16-5-4-6-17(15-16)21(27)23-10-9-20(26)25-13-11-24(12-14-25)19-8-3-2-7-18(19)22/h2-8,15H,9-14H2,1H3,(H,23,27). The Bertz CT molecular complexity index is 817. The van der Waals surface area contributed by atoms with Gasteiger partial charge in [0, 0.05) is 44.7 Å². The number of anilines is 1. The highest BCUT2D eigenvalue weighted by atomic mass is 19.1. The van der Waals surface area contributed by atoms with Gasteiger partial charge >= 0.3 is 0 Å². The molecule has 0 aromatic heterocycles. The average molecular weight is 369 g/mol. The van der Waals surface area contributed by atoms with E-state index in [0.717, 1.165) is 5.56 Å². The van der Waals surface area contributed by atoms with E-state index in [2.05, 4.69) is 5.32 Å². The summed E-state index contributed by atoms with van der Waals surface area (Å²) in [6.45, 7) is 4.54. The molecule has 0 bridgehead atoms. The first-order chi connectivity index (χ1) is 13.0. The van der Waals surface area contributed by atoms with Crippen LogP contribution in [0.3, 0.4) is 0 Å². The van der Waals surface area contributed by atoms with Crippen molar-refractivity contribution in [3.05, 3.63) is 65.5 Å². The zero-order valence-corrected chi connectivity index (χ0v) is 15.5. The number of hydrogen-bond acceptors (Lipinski definition) is 3. The van der Waals surface area contributed by atoms with E-state index in [0.29, 0.717) is 44.0 Å². The van der Waals surface area contributed by atoms with Gasteiger partial charge in [-0.25, -0.2) is 4.39 Å². The van der Waals surface area contributed by atoms with E-state index in [9.17, 15) is 14.0 Å². The zero-order valence-electron chi connectivity index (χ0n) is 15.5. The van der Waals surface area contributed by atoms with Crippen molar-refractivity contribution in [2.24, 2.45) is 0 Å². The van der Waals surface area contributed by atoms with Gasteiger partial charge in [-0.1, -0.05) is 29.8 Å². The zero-order chi connectivity index (χ0) is 19.2. The van der Waals surface area contributed by atoms with Crippen LogP contribution in [0.1, 0.15) is 22.3 Å². The molecule has 142 valence electrons. The average Bonchev–Trinajstić information content (AvgIpc) is 2.68. The molecular formula is C21H24FN3O2. The summed E-state index contributed by atoms with van der Waals surface area (Å²) in [5.41, 5.74) is 2.20. The number of amides is 2. The fourth-order valence-electron chi connectivity index (χ4n) is 3.23. The van der Waals surface area contributed by atoms with E-state index in [1.165, 1.54) is 6.07 Å². The van der Waals surface area contributed by atoms with Gasteiger partial charge in [0.15, 0.2) is 0 Å². The lowest BCUT2D eigenvalue weighted by atomic mass is 10.1. The third-order valence-corrected chi connectivity index (χ3v) is 4.73. The van der Waals surface area contributed by atoms with Crippen molar-refractivity contribution < 1.29 is 14.0 Å². The molecule has 27 heavy (non-hydrogen) atoms. The SMILES string of the molecule is Cc1cccc(C(=O)NCCC(=O)N2CCN(c3ccccc3F)CC2)c1. The highest BCUT2D eigenvalue weighted by Crippen LogP contribution is 2.20. The summed E-state index contributed by atoms with van der Waals surface area (Å²) in [7, 11) is 0. The third kappa shape index (κ3) is 4.84. The molecule has 1 saturated heterocycles. The predicted molar refractivity (Wildman–Crippen MR) is 103 cm³/mol. The summed E-state index contributed by atoms with van der Waals surface area (Å²) in [5.74, 6) is -0.403. The van der Waals surface area contributed by atoms with Crippen molar-refractivity contribution in [3.8, 4) is 0 Å². The van der Waals surface area contributed by atoms with E-state index in [4.69, 9.17) is 0 Å². The Hall–Kier alpha value is -2.89. The van der Waals surface area contributed by atoms with Crippen LogP contribution in [0.4, 0.5) is 10.1 Å². The Kier molecular flexibility index (Phi) is 6.06. The quantitative estimate of drug-likeness (QED) is 0.881. The summed E-state index contributed by atoms with van der Waals surface area (Å²) in [5, 5.41) is 2.79. The molecule has 0 saturated carbocycles. The minimum absolute atomic E-state index is 0.00715. The summed E-state index contributed by atoms with van der Waals surface area (Å²) < 4.78 is 13.9. The number of hydrogen-bond donors (Lipinski definition) is 1. The molecule has 0 spiro atoms. The maximum absolute atomic E-state index is 13.9. The van der Waals surface area contributed by atoms with Crippen LogP contribution >= 0.6 is 0 Å². The van der Waals surface area contributed by atoms with Gasteiger partial charge in [-0.3, -0.25) is 9.59 Å². The number of piperazine rings is 1. The Balaban J connectivity index is 1.43. The highest BCUT2D eigenvalue weighted by molar-refractivity contribution is 5.94. The molecule has 1 aliphatic heterocycles. The minimum Gasteiger partial charge on any atom is -0.366 e. The second kappa shape index (κ2) is 8.66. The summed E-state index contributed by atoms with van der Waals surface area (Å²) in [4.78, 5) is 28.2. The molecule has 2 amide bonds. The van der Waals surface area contributed by atoms with E-state index >= 15 is 0 Å². The molecule has 0 radical (unpaired) electrons. The summed E-state index contributed by atoms with van der Waals surface area (Å²) in [6.07, 6.45) is 0.261. The third-order valence-electron chi connectivity index (χ3n) is 4.73. The van der Waals surface area contributed by atoms with Crippen LogP contribution < -0.4 is 10.2 Å². The predicted octanol–water partition coefficient (Wildman–Crippen LogP) is 2.60. The monoisotopic (exact) mass is 369 g/mol. The lowest BCUT2D eigenvalue weighted by molar-refractivity contribution is -0.131. The van der Waals surface area contributed by atoms with Crippen LogP contribution in [0.25, 0.3) is 0 Å². The molecule has 0 unspecified atom stereocenters. The van der Waals surface area contributed by atoms with Crippen molar-refractivity contribution in [1.29, 1.82) is 0 Å². The molecule has 5 nitrogen and oxygen atoms in total. The van der Waals surface area contributed by atoms with Gasteiger partial charge in [0.05, 0.1) is 5.69 Å². The fraction of sp³-hybridized carbons (Fsp3) is 0.333. The van der Waals surface area contributed by atoms with Crippen LogP contribution in [0, 0.1) is 12.7 Å². The minimum atomic E-state index is -0.240. The number of carbonyl (C=O) groups is 2. The highest BCUT2D eigenvalue weighted by Gasteiger charge is 2.22. The molecular weight excluding hydrogens is 345 g/mol. The Morgan fingerprint density at radius 1 is 1.04 bits per heavy atom. The van der Waals surface area contributed by atoms with Gasteiger partial charge in [-0.2, -0.15) is 0 Å². The van der Waals surface area contributed by atoms with Gasteiger partial charge in [0.1, 0.15) is 5.82 Å². The van der Waals surface area contributed by atoms with Crippen molar-refractivity contribution in [2.75, 3.05) is 37.6 Å². The first-order valence-corrected chi connectivity index (χ1v) is 9.17. The number of aryl methyl sites for hydroxylation is 1. The molecule has 6 heteroatoms. The van der Waals surface area contributed by atoms with Crippen molar-refractivity contribution in [1.82, 2.24) is 10.2 Å². The van der Waals surface area contributed by atoms with Gasteiger partial charge < -0.3 is 15.1 Å². The molecule has 1 fully saturated rings. The number of carbonyl (C=O) groups excluding carboxylic acids is 2. The first-order valence-electron chi connectivity index (χ1n) is 9.17. The summed E-state index contributed by atoms with van der Waals surface area (Å²) in [6, 6.07) is 14.0. The van der Waals surface area contributed by atoms with E-state index < -0.39 is 0 Å². The number of benzene rings is 2. The Morgan fingerprint density at radius 3 is 2.48 bits per heavy atom. The molecule has 2 aromatic rings. The van der Waals surface area contributed by atoms with Crippen molar-refractivity contribution in [3.63, 3.8) is 0 Å². The van der Waals surface area contributed by atoms with E-state index in [1.807, 2.05) is 36.1 Å². The van der Waals surface area contributed by atoms with Crippen molar-refractivity contribution in [2.45, 2.75) is 13.3 Å². The van der Waals surface area contributed by atoms with Crippen LogP contribution in [0.15, 0.2) is 48.5 Å². The molecule has 1 heterocycles. The number of rotatable bonds is 5. The fourth-order valence-corrected chi connectivity index (χ4v) is 3.23. The number of para-hydroxylation sites is 1. The topological polar surface area (TPSA) is 52.7 Å². The maximum atomic E-state index is 13.9. The number of nitrogens with one attached hydrogen (secondary N) is 1. The van der Waals surface area contributed by atoms with Gasteiger partial charge in [0.25, 0.3) is 5.91 Å². The lowest BCUT2D eigenvalue weighted by Gasteiger charge is -2.36. The Labute approximate surface area is 158 Å². The van der Waals surface area contributed by atoms with Crippen molar-refractivity contribution >= 4 is 17.5 Å². The number of nitrogens with zero attached hydrogens (tertiary/aromatic N) is 2. The largest absolute Gasteiger partial charge is 0.366 e. The molecule has 1 N–H and O–H groups in total. The maximum Gasteiger partial charge on any atom is 0.251 e. The van der Waals surface area contributed by atoms with Crippen LogP contribution in [0.2, 0.25) is 0 Å². The summed E-state index contributed by atoms with van der Waals surface area (Å²) >= 11 is 0. The molecule has 0 atom stereocenters. The van der Waals surface area contributed by atoms with Crippen LogP contribution in [-0.4, -0.2) is 49.4 Å². The molecule has 1 aliphatic rings. The van der Waals surface area contributed by atoms with Crippen LogP contribution in [-0.2, 0) is 4.79 Å². The second-order valence-electron chi connectivity index (χ2n) is 6.69. The van der Waals surface area contributed by atoms with E-state index in [1.54, 1.807) is 23.1 Å². The van der Waals surface area contributed by atoms with Gasteiger partial charge in [0.2, 0.25) is 5.91 Å². The van der Waals surface area contributed by atoms with E-state index in [-0.39, 0.29) is 24.1 Å².